The Kier molecular flexibility index (Phi) is 2.72. The lowest BCUT2D eigenvalue weighted by Crippen LogP contribution is -2.25. The summed E-state index contributed by atoms with van der Waals surface area (Å²) in [6.07, 6.45) is 2.12. The number of nitrogens with zero attached hydrogens (tertiary/aromatic N) is 1. The van der Waals surface area contributed by atoms with Gasteiger partial charge < -0.3 is 4.74 Å². The zero-order valence-corrected chi connectivity index (χ0v) is 7.65. The van der Waals surface area contributed by atoms with Crippen LogP contribution < -0.4 is 0 Å². The van der Waals surface area contributed by atoms with Gasteiger partial charge in [0.15, 0.2) is 19.3 Å². The molecule has 1 aliphatic heterocycles. The molecule has 0 fully saturated rings. The van der Waals surface area contributed by atoms with Gasteiger partial charge in [0.1, 0.15) is 13.2 Å². The summed E-state index contributed by atoms with van der Waals surface area (Å²) in [5.74, 6) is 0. The lowest BCUT2D eigenvalue weighted by molar-refractivity contribution is -0.549. The van der Waals surface area contributed by atoms with Crippen LogP contribution in [0.5, 0.6) is 0 Å². The monoisotopic (exact) mass is 176 g/mol. The molecule has 0 spiro atoms. The van der Waals surface area contributed by atoms with Crippen molar-refractivity contribution < 1.29 is 9.31 Å². The predicted molar refractivity (Wildman–Crippen MR) is 52.2 cm³/mol. The number of benzene rings is 1. The fourth-order valence-corrected chi connectivity index (χ4v) is 1.48. The van der Waals surface area contributed by atoms with Crippen molar-refractivity contribution in [2.45, 2.75) is 6.54 Å². The normalized spacial score (nSPS) is 16.8. The summed E-state index contributed by atoms with van der Waals surface area (Å²) in [5, 5.41) is 0. The summed E-state index contributed by atoms with van der Waals surface area (Å²) in [5.41, 5.74) is 1.36. The summed E-state index contributed by atoms with van der Waals surface area (Å²) in [7, 11) is 0. The van der Waals surface area contributed by atoms with Gasteiger partial charge in [0, 0.05) is 5.56 Å². The molecule has 0 atom stereocenters. The highest BCUT2D eigenvalue weighted by Crippen LogP contribution is 2.01. The summed E-state index contributed by atoms with van der Waals surface area (Å²) in [4.78, 5) is 0. The van der Waals surface area contributed by atoms with Gasteiger partial charge in [-0.05, 0) is 0 Å². The maximum atomic E-state index is 5.24. The van der Waals surface area contributed by atoms with Crippen LogP contribution in [0.25, 0.3) is 0 Å². The molecule has 1 aromatic rings. The number of hydrogen-bond acceptors (Lipinski definition) is 1. The van der Waals surface area contributed by atoms with Gasteiger partial charge in [-0.3, -0.25) is 0 Å². The minimum Gasteiger partial charge on any atom is -0.365 e. The third kappa shape index (κ3) is 2.39. The molecular weight excluding hydrogens is 162 g/mol. The number of ether oxygens (including phenoxy) is 1. The first-order chi connectivity index (χ1) is 6.45. The van der Waals surface area contributed by atoms with E-state index in [2.05, 4.69) is 35.1 Å². The Morgan fingerprint density at radius 3 is 2.77 bits per heavy atom. The van der Waals surface area contributed by atoms with Crippen LogP contribution in [0.4, 0.5) is 0 Å². The summed E-state index contributed by atoms with van der Waals surface area (Å²) >= 11 is 0. The summed E-state index contributed by atoms with van der Waals surface area (Å²) in [6.45, 7) is 3.62. The molecule has 0 aromatic heterocycles. The van der Waals surface area contributed by atoms with Crippen molar-refractivity contribution in [1.29, 1.82) is 0 Å². The van der Waals surface area contributed by atoms with Crippen molar-refractivity contribution >= 4 is 6.21 Å². The van der Waals surface area contributed by atoms with Gasteiger partial charge in [0.25, 0.3) is 0 Å². The van der Waals surface area contributed by atoms with E-state index in [1.807, 2.05) is 6.07 Å². The fourth-order valence-electron chi connectivity index (χ4n) is 1.48. The van der Waals surface area contributed by atoms with Gasteiger partial charge in [-0.1, -0.05) is 30.3 Å². The molecule has 0 saturated carbocycles. The quantitative estimate of drug-likeness (QED) is 0.619. The smallest absolute Gasteiger partial charge is 0.168 e. The Hall–Kier alpha value is -1.15. The topological polar surface area (TPSA) is 12.2 Å². The SMILES string of the molecule is C1=[N+](Cc2ccccc2)CCOC1. The summed E-state index contributed by atoms with van der Waals surface area (Å²) < 4.78 is 7.54. The minimum absolute atomic E-state index is 0.757. The maximum Gasteiger partial charge on any atom is 0.168 e. The van der Waals surface area contributed by atoms with Crippen LogP contribution in [-0.4, -0.2) is 30.5 Å². The van der Waals surface area contributed by atoms with Gasteiger partial charge >= 0.3 is 0 Å². The zero-order chi connectivity index (χ0) is 8.93. The highest BCUT2D eigenvalue weighted by atomic mass is 16.5. The van der Waals surface area contributed by atoms with E-state index in [1.54, 1.807) is 0 Å². The largest absolute Gasteiger partial charge is 0.365 e. The van der Waals surface area contributed by atoms with Crippen molar-refractivity contribution in [3.05, 3.63) is 35.9 Å². The highest BCUT2D eigenvalue weighted by Gasteiger charge is 2.09. The van der Waals surface area contributed by atoms with Gasteiger partial charge in [-0.2, -0.15) is 0 Å². The van der Waals surface area contributed by atoms with Crippen LogP contribution >= 0.6 is 0 Å². The van der Waals surface area contributed by atoms with E-state index in [1.165, 1.54) is 5.56 Å². The minimum atomic E-state index is 0.757. The van der Waals surface area contributed by atoms with Crippen LogP contribution in [0.3, 0.4) is 0 Å². The Labute approximate surface area is 78.5 Å². The molecule has 0 aliphatic carbocycles. The van der Waals surface area contributed by atoms with Crippen LogP contribution in [-0.2, 0) is 11.3 Å². The molecule has 1 aliphatic rings. The number of hydrogen-bond donors (Lipinski definition) is 0. The molecular formula is C11H14NO+. The molecule has 0 radical (unpaired) electrons. The Morgan fingerprint density at radius 1 is 1.23 bits per heavy atom. The third-order valence-corrected chi connectivity index (χ3v) is 2.20. The molecule has 2 nitrogen and oxygen atoms in total. The second-order valence-electron chi connectivity index (χ2n) is 3.21. The van der Waals surface area contributed by atoms with Gasteiger partial charge in [0.2, 0.25) is 0 Å². The molecule has 68 valence electrons. The molecule has 0 unspecified atom stereocenters. The Bertz CT molecular complexity index is 292. The predicted octanol–water partition coefficient (Wildman–Crippen LogP) is 1.30. The lowest BCUT2D eigenvalue weighted by atomic mass is 10.2. The highest BCUT2D eigenvalue weighted by molar-refractivity contribution is 5.52. The van der Waals surface area contributed by atoms with Crippen molar-refractivity contribution in [3.63, 3.8) is 0 Å². The van der Waals surface area contributed by atoms with Gasteiger partial charge in [0.05, 0.1) is 0 Å². The van der Waals surface area contributed by atoms with E-state index < -0.39 is 0 Å². The Morgan fingerprint density at radius 2 is 2.08 bits per heavy atom. The van der Waals surface area contributed by atoms with E-state index in [4.69, 9.17) is 4.74 Å². The molecule has 13 heavy (non-hydrogen) atoms. The lowest BCUT2D eigenvalue weighted by Gasteiger charge is -2.08. The van der Waals surface area contributed by atoms with E-state index in [9.17, 15) is 0 Å². The van der Waals surface area contributed by atoms with Gasteiger partial charge in [-0.15, -0.1) is 0 Å². The van der Waals surface area contributed by atoms with E-state index in [0.29, 0.717) is 0 Å². The first-order valence-corrected chi connectivity index (χ1v) is 4.64. The average Bonchev–Trinajstić information content (AvgIpc) is 2.21. The first kappa shape index (κ1) is 8.45. The van der Waals surface area contributed by atoms with Crippen LogP contribution in [0.15, 0.2) is 30.3 Å². The summed E-state index contributed by atoms with van der Waals surface area (Å²) in [6, 6.07) is 10.5. The van der Waals surface area contributed by atoms with Crippen molar-refractivity contribution in [2.75, 3.05) is 19.8 Å². The van der Waals surface area contributed by atoms with E-state index in [-0.39, 0.29) is 0 Å². The second kappa shape index (κ2) is 4.19. The van der Waals surface area contributed by atoms with E-state index in [0.717, 1.165) is 26.3 Å². The molecule has 0 bridgehead atoms. The van der Waals surface area contributed by atoms with E-state index >= 15 is 0 Å². The van der Waals surface area contributed by atoms with Crippen molar-refractivity contribution in [1.82, 2.24) is 0 Å². The fraction of sp³-hybridized carbons (Fsp3) is 0.364. The van der Waals surface area contributed by atoms with Crippen LogP contribution in [0, 0.1) is 0 Å². The second-order valence-corrected chi connectivity index (χ2v) is 3.21. The first-order valence-electron chi connectivity index (χ1n) is 4.64. The number of rotatable bonds is 2. The zero-order valence-electron chi connectivity index (χ0n) is 7.65. The van der Waals surface area contributed by atoms with Crippen molar-refractivity contribution in [3.8, 4) is 0 Å². The average molecular weight is 176 g/mol. The van der Waals surface area contributed by atoms with Crippen molar-refractivity contribution in [2.24, 2.45) is 0 Å². The van der Waals surface area contributed by atoms with Gasteiger partial charge in [-0.25, -0.2) is 4.58 Å². The molecule has 1 heterocycles. The Balaban J connectivity index is 2.01. The molecule has 0 N–H and O–H groups in total. The van der Waals surface area contributed by atoms with Crippen LogP contribution in [0.2, 0.25) is 0 Å². The molecule has 1 aromatic carbocycles. The third-order valence-electron chi connectivity index (χ3n) is 2.20. The molecule has 0 saturated heterocycles. The molecule has 2 heteroatoms. The standard InChI is InChI=1S/C11H14NO/c1-2-4-11(5-3-1)10-12-6-8-13-9-7-12/h1-6H,7-10H2/q+1. The molecule has 0 amide bonds. The molecule has 2 rings (SSSR count). The van der Waals surface area contributed by atoms with Crippen LogP contribution in [0.1, 0.15) is 5.56 Å². The maximum absolute atomic E-state index is 5.24.